The van der Waals surface area contributed by atoms with Crippen LogP contribution in [0.4, 0.5) is 0 Å². The lowest BCUT2D eigenvalue weighted by atomic mass is 10.0. The summed E-state index contributed by atoms with van der Waals surface area (Å²) in [4.78, 5) is 15.8. The van der Waals surface area contributed by atoms with Gasteiger partial charge in [0.05, 0.1) is 4.90 Å². The zero-order valence-electron chi connectivity index (χ0n) is 19.6. The molecule has 0 saturated heterocycles. The monoisotopic (exact) mass is 562 g/mol. The minimum Gasteiger partial charge on any atom is -0.333 e. The standard InChI is InChI=1S/C29H27BrN2O3S/c30-26-16-18-27(19-17-26)36(34,35)31-28(20-23-10-4-1-5-11-23)29(33)32(21-24-12-6-2-7-13-24)22-25-14-8-3-9-15-25/h1-19,28,31H,20-22H2/t28-/m1/s1. The smallest absolute Gasteiger partial charge is 0.241 e. The maximum Gasteiger partial charge on any atom is 0.241 e. The summed E-state index contributed by atoms with van der Waals surface area (Å²) >= 11 is 3.34. The highest BCUT2D eigenvalue weighted by Crippen LogP contribution is 2.18. The first kappa shape index (κ1) is 25.8. The lowest BCUT2D eigenvalue weighted by Gasteiger charge is -2.28. The molecule has 0 unspecified atom stereocenters. The molecule has 1 N–H and O–H groups in total. The van der Waals surface area contributed by atoms with Gasteiger partial charge >= 0.3 is 0 Å². The molecule has 0 aromatic heterocycles. The first-order chi connectivity index (χ1) is 17.4. The van der Waals surface area contributed by atoms with Gasteiger partial charge in [-0.3, -0.25) is 4.79 Å². The van der Waals surface area contributed by atoms with Crippen molar-refractivity contribution >= 4 is 31.9 Å². The fourth-order valence-corrected chi connectivity index (χ4v) is 5.39. The Morgan fingerprint density at radius 3 is 1.61 bits per heavy atom. The Kier molecular flexibility index (Phi) is 8.70. The van der Waals surface area contributed by atoms with Crippen molar-refractivity contribution in [2.75, 3.05) is 0 Å². The quantitative estimate of drug-likeness (QED) is 0.275. The molecule has 184 valence electrons. The van der Waals surface area contributed by atoms with Crippen molar-refractivity contribution in [3.05, 3.63) is 136 Å². The number of hydrogen-bond acceptors (Lipinski definition) is 3. The molecule has 0 saturated carbocycles. The molecule has 1 amide bonds. The summed E-state index contributed by atoms with van der Waals surface area (Å²) in [5, 5.41) is 0. The minimum absolute atomic E-state index is 0.106. The third kappa shape index (κ3) is 7.13. The largest absolute Gasteiger partial charge is 0.333 e. The highest BCUT2D eigenvalue weighted by atomic mass is 79.9. The van der Waals surface area contributed by atoms with Gasteiger partial charge in [0.1, 0.15) is 6.04 Å². The van der Waals surface area contributed by atoms with Gasteiger partial charge in [0.2, 0.25) is 15.9 Å². The van der Waals surface area contributed by atoms with E-state index >= 15 is 0 Å². The molecule has 0 bridgehead atoms. The number of halogens is 1. The van der Waals surface area contributed by atoms with Crippen LogP contribution < -0.4 is 4.72 Å². The second-order valence-corrected chi connectivity index (χ2v) is 11.1. The fourth-order valence-electron chi connectivity index (χ4n) is 3.94. The van der Waals surface area contributed by atoms with E-state index in [9.17, 15) is 13.2 Å². The normalized spacial score (nSPS) is 12.1. The first-order valence-electron chi connectivity index (χ1n) is 11.6. The van der Waals surface area contributed by atoms with Crippen LogP contribution >= 0.6 is 15.9 Å². The zero-order chi connectivity index (χ0) is 25.4. The molecule has 0 radical (unpaired) electrons. The maximum atomic E-state index is 14.0. The molecular formula is C29H27BrN2O3S. The second kappa shape index (κ2) is 12.1. The SMILES string of the molecule is O=C([C@@H](Cc1ccccc1)NS(=O)(=O)c1ccc(Br)cc1)N(Cc1ccccc1)Cc1ccccc1. The Morgan fingerprint density at radius 1 is 0.694 bits per heavy atom. The molecule has 4 rings (SSSR count). The Balaban J connectivity index is 1.67. The van der Waals surface area contributed by atoms with Crippen molar-refractivity contribution in [1.29, 1.82) is 0 Å². The number of benzene rings is 4. The predicted molar refractivity (Wildman–Crippen MR) is 146 cm³/mol. The number of carbonyl (C=O) groups is 1. The van der Waals surface area contributed by atoms with Crippen molar-refractivity contribution in [1.82, 2.24) is 9.62 Å². The molecule has 0 aliphatic carbocycles. The first-order valence-corrected chi connectivity index (χ1v) is 13.9. The minimum atomic E-state index is -3.94. The lowest BCUT2D eigenvalue weighted by molar-refractivity contribution is -0.134. The summed E-state index contributed by atoms with van der Waals surface area (Å²) in [6, 6.07) is 34.3. The Morgan fingerprint density at radius 2 is 1.14 bits per heavy atom. The highest BCUT2D eigenvalue weighted by Gasteiger charge is 2.30. The number of hydrogen-bond donors (Lipinski definition) is 1. The summed E-state index contributed by atoms with van der Waals surface area (Å²) in [6.07, 6.45) is 0.232. The number of nitrogens with one attached hydrogen (secondary N) is 1. The van der Waals surface area contributed by atoms with Gasteiger partial charge in [-0.1, -0.05) is 107 Å². The second-order valence-electron chi connectivity index (χ2n) is 8.48. The van der Waals surface area contributed by atoms with Gasteiger partial charge in [-0.15, -0.1) is 0 Å². The zero-order valence-corrected chi connectivity index (χ0v) is 22.0. The van der Waals surface area contributed by atoms with E-state index in [-0.39, 0.29) is 17.2 Å². The summed E-state index contributed by atoms with van der Waals surface area (Å²) in [5.74, 6) is -0.285. The van der Waals surface area contributed by atoms with Crippen LogP contribution in [-0.2, 0) is 34.3 Å². The van der Waals surface area contributed by atoms with Crippen LogP contribution in [0.3, 0.4) is 0 Å². The Labute approximate surface area is 221 Å². The molecule has 7 heteroatoms. The molecule has 0 heterocycles. The Hall–Kier alpha value is -3.26. The van der Waals surface area contributed by atoms with Gasteiger partial charge < -0.3 is 4.90 Å². The van der Waals surface area contributed by atoms with Gasteiger partial charge in [0.25, 0.3) is 0 Å². The molecule has 0 fully saturated rings. The van der Waals surface area contributed by atoms with E-state index in [1.807, 2.05) is 91.0 Å². The van der Waals surface area contributed by atoms with Crippen LogP contribution in [0.5, 0.6) is 0 Å². The van der Waals surface area contributed by atoms with Crippen LogP contribution in [0, 0.1) is 0 Å². The van der Waals surface area contributed by atoms with Crippen LogP contribution in [-0.4, -0.2) is 25.3 Å². The molecule has 0 aliphatic rings. The average molecular weight is 564 g/mol. The van der Waals surface area contributed by atoms with E-state index in [4.69, 9.17) is 0 Å². The highest BCUT2D eigenvalue weighted by molar-refractivity contribution is 9.10. The summed E-state index contributed by atoms with van der Waals surface area (Å²) in [6.45, 7) is 0.722. The average Bonchev–Trinajstić information content (AvgIpc) is 2.89. The van der Waals surface area contributed by atoms with Crippen LogP contribution in [0.25, 0.3) is 0 Å². The van der Waals surface area contributed by atoms with Crippen molar-refractivity contribution in [2.24, 2.45) is 0 Å². The summed E-state index contributed by atoms with van der Waals surface area (Å²) in [5.41, 5.74) is 2.81. The number of rotatable bonds is 10. The van der Waals surface area contributed by atoms with Crippen molar-refractivity contribution in [2.45, 2.75) is 30.4 Å². The van der Waals surface area contributed by atoms with Gasteiger partial charge in [-0.25, -0.2) is 8.42 Å². The molecule has 4 aromatic rings. The van der Waals surface area contributed by atoms with Crippen molar-refractivity contribution in [3.8, 4) is 0 Å². The predicted octanol–water partition coefficient (Wildman–Crippen LogP) is 5.57. The number of sulfonamides is 1. The molecular weight excluding hydrogens is 536 g/mol. The molecule has 0 spiro atoms. The third-order valence-corrected chi connectivity index (χ3v) is 7.76. The molecule has 0 aliphatic heterocycles. The van der Waals surface area contributed by atoms with E-state index < -0.39 is 16.1 Å². The molecule has 1 atom stereocenters. The molecule has 5 nitrogen and oxygen atoms in total. The Bertz CT molecular complexity index is 1320. The van der Waals surface area contributed by atoms with E-state index in [2.05, 4.69) is 20.7 Å². The lowest BCUT2D eigenvalue weighted by Crippen LogP contribution is -2.49. The van der Waals surface area contributed by atoms with Crippen LogP contribution in [0.2, 0.25) is 0 Å². The fraction of sp³-hybridized carbons (Fsp3) is 0.138. The van der Waals surface area contributed by atoms with Gasteiger partial charge in [-0.2, -0.15) is 4.72 Å². The number of carbonyl (C=O) groups excluding carboxylic acids is 1. The van der Waals surface area contributed by atoms with Crippen molar-refractivity contribution in [3.63, 3.8) is 0 Å². The third-order valence-electron chi connectivity index (χ3n) is 5.75. The van der Waals surface area contributed by atoms with Gasteiger partial charge in [-0.05, 0) is 47.4 Å². The van der Waals surface area contributed by atoms with E-state index in [1.165, 1.54) is 12.1 Å². The van der Waals surface area contributed by atoms with Crippen LogP contribution in [0.1, 0.15) is 16.7 Å². The van der Waals surface area contributed by atoms with Gasteiger partial charge in [0.15, 0.2) is 0 Å². The topological polar surface area (TPSA) is 66.5 Å². The number of nitrogens with zero attached hydrogens (tertiary/aromatic N) is 1. The van der Waals surface area contributed by atoms with Gasteiger partial charge in [0, 0.05) is 17.6 Å². The van der Waals surface area contributed by atoms with Crippen LogP contribution in [0.15, 0.2) is 125 Å². The summed E-state index contributed by atoms with van der Waals surface area (Å²) in [7, 11) is -3.94. The van der Waals surface area contributed by atoms with Crippen molar-refractivity contribution < 1.29 is 13.2 Å². The maximum absolute atomic E-state index is 14.0. The van der Waals surface area contributed by atoms with E-state index in [0.717, 1.165) is 21.2 Å². The van der Waals surface area contributed by atoms with E-state index in [0.29, 0.717) is 13.1 Å². The molecule has 4 aromatic carbocycles. The van der Waals surface area contributed by atoms with E-state index in [1.54, 1.807) is 17.0 Å². The molecule has 36 heavy (non-hydrogen) atoms. The number of amides is 1. The summed E-state index contributed by atoms with van der Waals surface area (Å²) < 4.78 is 30.0.